The van der Waals surface area contributed by atoms with Gasteiger partial charge in [-0.05, 0) is 68.2 Å². The molecule has 0 bridgehead atoms. The lowest BCUT2D eigenvalue weighted by molar-refractivity contribution is -0.153. The van der Waals surface area contributed by atoms with Gasteiger partial charge >= 0.3 is 5.97 Å². The number of carbonyl (C=O) groups excluding carboxylic acids is 4. The molecule has 0 unspecified atom stereocenters. The number of nitrogens with two attached hydrogens (primary N) is 1. The van der Waals surface area contributed by atoms with E-state index in [1.165, 1.54) is 0 Å². The maximum absolute atomic E-state index is 14.1. The highest BCUT2D eigenvalue weighted by Crippen LogP contribution is 2.35. The molecule has 0 spiro atoms. The Balaban J connectivity index is 1.53. The molecule has 0 aromatic heterocycles. The average molecular weight is 605 g/mol. The van der Waals surface area contributed by atoms with Crippen molar-refractivity contribution in [1.82, 2.24) is 15.7 Å². The van der Waals surface area contributed by atoms with E-state index in [0.29, 0.717) is 24.1 Å². The topological polar surface area (TPSA) is 151 Å². The Kier molecular flexibility index (Phi) is 11.9. The summed E-state index contributed by atoms with van der Waals surface area (Å²) in [6, 6.07) is 14.7. The summed E-state index contributed by atoms with van der Waals surface area (Å²) in [5.41, 5.74) is 11.9. The van der Waals surface area contributed by atoms with Crippen molar-refractivity contribution in [2.45, 2.75) is 95.7 Å². The van der Waals surface area contributed by atoms with Crippen molar-refractivity contribution in [3.63, 3.8) is 0 Å². The van der Waals surface area contributed by atoms with Crippen LogP contribution in [0.4, 0.5) is 5.69 Å². The molecular formula is C34H44N4O6. The van der Waals surface area contributed by atoms with Crippen LogP contribution < -0.4 is 16.5 Å². The van der Waals surface area contributed by atoms with Crippen LogP contribution in [0.2, 0.25) is 0 Å². The number of rotatable bonds is 13. The molecule has 0 radical (unpaired) electrons. The second-order valence-corrected chi connectivity index (χ2v) is 11.7. The van der Waals surface area contributed by atoms with Crippen LogP contribution in [-0.2, 0) is 23.9 Å². The summed E-state index contributed by atoms with van der Waals surface area (Å²) in [7, 11) is 0. The van der Waals surface area contributed by atoms with Gasteiger partial charge in [0.05, 0.1) is 0 Å². The molecule has 4 rings (SSSR count). The molecule has 2 atom stereocenters. The molecule has 3 amide bonds. The van der Waals surface area contributed by atoms with Gasteiger partial charge in [-0.25, -0.2) is 10.3 Å². The SMILES string of the molecule is CC1=C(c2ccccc2N)C[C@H](C(=O)N[C@H](C(=O)OC2CCCC2)c2ccccc2)N(C(=O)CCCCCCC(=O)NO)C1. The molecule has 5 N–H and O–H groups in total. The second kappa shape index (κ2) is 16.0. The number of unbranched alkanes of at least 4 members (excludes halogenated alkanes) is 3. The number of hydroxylamine groups is 1. The highest BCUT2D eigenvalue weighted by atomic mass is 16.5. The van der Waals surface area contributed by atoms with E-state index in [4.69, 9.17) is 15.7 Å². The highest BCUT2D eigenvalue weighted by Gasteiger charge is 2.38. The normalized spacial score (nSPS) is 17.7. The van der Waals surface area contributed by atoms with Crippen molar-refractivity contribution in [1.29, 1.82) is 0 Å². The fourth-order valence-electron chi connectivity index (χ4n) is 6.06. The molecule has 2 aliphatic rings. The summed E-state index contributed by atoms with van der Waals surface area (Å²) in [6.45, 7) is 2.22. The zero-order chi connectivity index (χ0) is 31.5. The first-order valence-corrected chi connectivity index (χ1v) is 15.6. The first-order chi connectivity index (χ1) is 21.3. The van der Waals surface area contributed by atoms with E-state index in [2.05, 4.69) is 5.32 Å². The third kappa shape index (κ3) is 8.69. The number of benzene rings is 2. The standard InChI is InChI=1S/C34H44N4O6/c1-23-22-38(31(40)20-8-3-2-7-19-30(39)37-43)29(21-27(23)26-17-11-12-18-28(26)35)33(41)36-32(24-13-5-4-6-14-24)34(42)44-25-15-9-10-16-25/h4-6,11-14,17-18,25,29,32,43H,2-3,7-10,15-16,19-22,35H2,1H3,(H,36,41)(H,37,39)/t29-,32+/m1/s1. The largest absolute Gasteiger partial charge is 0.461 e. The lowest BCUT2D eigenvalue weighted by atomic mass is 9.88. The second-order valence-electron chi connectivity index (χ2n) is 11.7. The number of nitrogens with one attached hydrogen (secondary N) is 2. The summed E-state index contributed by atoms with van der Waals surface area (Å²) in [6.07, 6.45) is 6.90. The summed E-state index contributed by atoms with van der Waals surface area (Å²) in [5, 5.41) is 11.6. The molecule has 2 aromatic rings. The molecule has 1 saturated carbocycles. The Labute approximate surface area is 259 Å². The number of anilines is 1. The minimum absolute atomic E-state index is 0.150. The first kappa shape index (κ1) is 32.7. The van der Waals surface area contributed by atoms with Gasteiger partial charge in [0.2, 0.25) is 17.7 Å². The summed E-state index contributed by atoms with van der Waals surface area (Å²) in [4.78, 5) is 53.9. The van der Waals surface area contributed by atoms with Gasteiger partial charge in [-0.2, -0.15) is 0 Å². The van der Waals surface area contributed by atoms with Crippen LogP contribution in [-0.4, -0.2) is 52.5 Å². The van der Waals surface area contributed by atoms with Crippen LogP contribution in [0.1, 0.15) is 94.7 Å². The van der Waals surface area contributed by atoms with E-state index in [1.54, 1.807) is 22.5 Å². The van der Waals surface area contributed by atoms with Crippen molar-refractivity contribution in [3.8, 4) is 0 Å². The quantitative estimate of drug-likeness (QED) is 0.0840. The van der Waals surface area contributed by atoms with Gasteiger partial charge in [-0.15, -0.1) is 0 Å². The van der Waals surface area contributed by atoms with Gasteiger partial charge in [0.25, 0.3) is 0 Å². The maximum atomic E-state index is 14.1. The molecule has 1 aliphatic carbocycles. The van der Waals surface area contributed by atoms with Crippen molar-refractivity contribution < 1.29 is 29.1 Å². The van der Waals surface area contributed by atoms with Gasteiger partial charge in [-0.3, -0.25) is 19.6 Å². The maximum Gasteiger partial charge on any atom is 0.333 e. The van der Waals surface area contributed by atoms with E-state index in [1.807, 2.05) is 49.4 Å². The number of carbonyl (C=O) groups is 4. The van der Waals surface area contributed by atoms with E-state index in [0.717, 1.165) is 55.2 Å². The minimum atomic E-state index is -1.00. The summed E-state index contributed by atoms with van der Waals surface area (Å²) < 4.78 is 5.82. The third-order valence-corrected chi connectivity index (χ3v) is 8.51. The van der Waals surface area contributed by atoms with Gasteiger partial charge in [0.15, 0.2) is 6.04 Å². The van der Waals surface area contributed by atoms with Crippen LogP contribution in [0.3, 0.4) is 0 Å². The van der Waals surface area contributed by atoms with E-state index >= 15 is 0 Å². The Morgan fingerprint density at radius 2 is 1.61 bits per heavy atom. The third-order valence-electron chi connectivity index (χ3n) is 8.51. The first-order valence-electron chi connectivity index (χ1n) is 15.6. The predicted molar refractivity (Wildman–Crippen MR) is 167 cm³/mol. The van der Waals surface area contributed by atoms with E-state index in [9.17, 15) is 19.2 Å². The number of nitrogens with zero attached hydrogens (tertiary/aromatic N) is 1. The van der Waals surface area contributed by atoms with E-state index in [-0.39, 0.29) is 37.8 Å². The van der Waals surface area contributed by atoms with E-state index < -0.39 is 29.9 Å². The predicted octanol–water partition coefficient (Wildman–Crippen LogP) is 4.83. The van der Waals surface area contributed by atoms with Gasteiger partial charge in [0.1, 0.15) is 12.1 Å². The fraction of sp³-hybridized carbons (Fsp3) is 0.471. The molecular weight excluding hydrogens is 560 g/mol. The van der Waals surface area contributed by atoms with Crippen molar-refractivity contribution >= 4 is 35.0 Å². The Bertz CT molecular complexity index is 1340. The molecule has 1 aliphatic heterocycles. The number of hydrogen-bond donors (Lipinski definition) is 4. The number of hydrogen-bond acceptors (Lipinski definition) is 7. The Morgan fingerprint density at radius 1 is 0.955 bits per heavy atom. The minimum Gasteiger partial charge on any atom is -0.461 e. The molecule has 1 fully saturated rings. The molecule has 0 saturated heterocycles. The smallest absolute Gasteiger partial charge is 0.333 e. The van der Waals surface area contributed by atoms with Crippen LogP contribution in [0.5, 0.6) is 0 Å². The average Bonchev–Trinajstić information content (AvgIpc) is 3.54. The molecule has 10 nitrogen and oxygen atoms in total. The number of esters is 1. The fourth-order valence-corrected chi connectivity index (χ4v) is 6.06. The van der Waals surface area contributed by atoms with Gasteiger partial charge in [0, 0.05) is 37.1 Å². The van der Waals surface area contributed by atoms with Crippen molar-refractivity contribution in [2.75, 3.05) is 12.3 Å². The highest BCUT2D eigenvalue weighted by molar-refractivity contribution is 5.94. The number of ether oxygens (including phenoxy) is 1. The summed E-state index contributed by atoms with van der Waals surface area (Å²) >= 11 is 0. The lowest BCUT2D eigenvalue weighted by Gasteiger charge is -2.38. The number of nitrogen functional groups attached to an aromatic ring is 1. The van der Waals surface area contributed by atoms with Crippen molar-refractivity contribution in [3.05, 3.63) is 71.3 Å². The number of amides is 3. The van der Waals surface area contributed by atoms with Gasteiger partial charge in [-0.1, -0.05) is 61.4 Å². The monoisotopic (exact) mass is 604 g/mol. The molecule has 44 heavy (non-hydrogen) atoms. The lowest BCUT2D eigenvalue weighted by Crippen LogP contribution is -2.53. The van der Waals surface area contributed by atoms with Crippen LogP contribution in [0.15, 0.2) is 60.2 Å². The molecule has 236 valence electrons. The zero-order valence-electron chi connectivity index (χ0n) is 25.4. The van der Waals surface area contributed by atoms with Gasteiger partial charge < -0.3 is 20.7 Å². The van der Waals surface area contributed by atoms with Crippen molar-refractivity contribution in [2.24, 2.45) is 0 Å². The molecule has 2 aromatic carbocycles. The van der Waals surface area contributed by atoms with Crippen LogP contribution >= 0.6 is 0 Å². The Hall–Kier alpha value is -4.18. The Morgan fingerprint density at radius 3 is 2.30 bits per heavy atom. The number of para-hydroxylation sites is 1. The molecule has 10 heteroatoms. The summed E-state index contributed by atoms with van der Waals surface area (Å²) in [5.74, 6) is -1.51. The van der Waals surface area contributed by atoms with Crippen LogP contribution in [0.25, 0.3) is 5.57 Å². The van der Waals surface area contributed by atoms with Crippen LogP contribution in [0, 0.1) is 0 Å². The zero-order valence-corrected chi connectivity index (χ0v) is 25.4. The molecule has 1 heterocycles.